The summed E-state index contributed by atoms with van der Waals surface area (Å²) in [6.45, 7) is 5.97. The zero-order valence-electron chi connectivity index (χ0n) is 16.2. The number of likely N-dealkylation sites (tertiary alicyclic amines) is 1. The summed E-state index contributed by atoms with van der Waals surface area (Å²) in [7, 11) is 1.71. The first kappa shape index (κ1) is 17.8. The highest BCUT2D eigenvalue weighted by Gasteiger charge is 2.29. The van der Waals surface area contributed by atoms with Crippen LogP contribution in [-0.2, 0) is 6.54 Å². The van der Waals surface area contributed by atoms with Crippen molar-refractivity contribution in [3.63, 3.8) is 0 Å². The second kappa shape index (κ2) is 7.56. The third-order valence-electron chi connectivity index (χ3n) is 5.54. The van der Waals surface area contributed by atoms with Gasteiger partial charge in [0.05, 0.1) is 36.3 Å². The number of hydrogen-bond donors (Lipinski definition) is 1. The number of methoxy groups -OCH3 is 1. The van der Waals surface area contributed by atoms with Gasteiger partial charge in [0.25, 0.3) is 0 Å². The summed E-state index contributed by atoms with van der Waals surface area (Å²) in [5.74, 6) is 1.72. The Hall–Kier alpha value is -2.60. The molecule has 0 amide bonds. The van der Waals surface area contributed by atoms with Crippen molar-refractivity contribution < 1.29 is 9.26 Å². The molecule has 0 saturated carbocycles. The van der Waals surface area contributed by atoms with Crippen LogP contribution in [-0.4, -0.2) is 33.9 Å². The van der Waals surface area contributed by atoms with E-state index in [9.17, 15) is 0 Å². The lowest BCUT2D eigenvalue weighted by Crippen LogP contribution is -2.33. The number of H-pyrrole nitrogens is 1. The van der Waals surface area contributed by atoms with Crippen LogP contribution in [0.25, 0.3) is 11.3 Å². The van der Waals surface area contributed by atoms with Gasteiger partial charge in [0.1, 0.15) is 5.75 Å². The molecule has 3 heterocycles. The van der Waals surface area contributed by atoms with Crippen LogP contribution >= 0.6 is 0 Å². The van der Waals surface area contributed by atoms with Crippen LogP contribution in [0, 0.1) is 13.8 Å². The van der Waals surface area contributed by atoms with Gasteiger partial charge >= 0.3 is 0 Å². The lowest BCUT2D eigenvalue weighted by atomic mass is 9.95. The molecule has 2 aromatic heterocycles. The van der Waals surface area contributed by atoms with Crippen molar-refractivity contribution in [3.8, 4) is 17.1 Å². The Morgan fingerprint density at radius 2 is 2.19 bits per heavy atom. The molecule has 0 aliphatic carbocycles. The van der Waals surface area contributed by atoms with Gasteiger partial charge in [-0.1, -0.05) is 23.7 Å². The van der Waals surface area contributed by atoms with Crippen molar-refractivity contribution in [2.24, 2.45) is 0 Å². The monoisotopic (exact) mass is 366 g/mol. The number of piperidine rings is 1. The molecule has 142 valence electrons. The third-order valence-corrected chi connectivity index (χ3v) is 5.54. The highest BCUT2D eigenvalue weighted by Crippen LogP contribution is 2.38. The zero-order chi connectivity index (χ0) is 18.8. The van der Waals surface area contributed by atoms with E-state index in [-0.39, 0.29) is 6.04 Å². The molecular weight excluding hydrogens is 340 g/mol. The summed E-state index contributed by atoms with van der Waals surface area (Å²) in [6, 6.07) is 8.59. The fourth-order valence-electron chi connectivity index (χ4n) is 3.91. The van der Waals surface area contributed by atoms with Crippen LogP contribution in [0.1, 0.15) is 47.8 Å². The maximum Gasteiger partial charge on any atom is 0.173 e. The molecule has 6 heteroatoms. The van der Waals surface area contributed by atoms with Gasteiger partial charge in [0.15, 0.2) is 5.76 Å². The van der Waals surface area contributed by atoms with E-state index in [0.717, 1.165) is 53.5 Å². The Kier molecular flexibility index (Phi) is 4.99. The van der Waals surface area contributed by atoms with E-state index < -0.39 is 0 Å². The van der Waals surface area contributed by atoms with Crippen LogP contribution in [0.2, 0.25) is 0 Å². The number of ether oxygens (including phenoxy) is 1. The molecule has 1 fully saturated rings. The molecule has 0 bridgehead atoms. The highest BCUT2D eigenvalue weighted by molar-refractivity contribution is 5.64. The standard InChI is InChI=1S/C21H26N4O2/c1-14-15(2)24-27-21(14)18-12-22-23-20(18)19-9-4-5-10-25(19)13-16-7-6-8-17(11-16)26-3/h6-8,11-12,19H,4-5,9-10,13H2,1-3H3,(H,22,23)/t19-/m1/s1. The zero-order valence-corrected chi connectivity index (χ0v) is 16.2. The van der Waals surface area contributed by atoms with Crippen LogP contribution in [0.15, 0.2) is 35.0 Å². The van der Waals surface area contributed by atoms with E-state index in [2.05, 4.69) is 38.5 Å². The molecule has 1 aliphatic rings. The molecule has 3 aromatic rings. The lowest BCUT2D eigenvalue weighted by molar-refractivity contribution is 0.137. The van der Waals surface area contributed by atoms with Crippen molar-refractivity contribution >= 4 is 0 Å². The van der Waals surface area contributed by atoms with Crippen molar-refractivity contribution in [2.45, 2.75) is 45.7 Å². The maximum atomic E-state index is 5.61. The molecule has 0 spiro atoms. The maximum absolute atomic E-state index is 5.61. The summed E-state index contributed by atoms with van der Waals surface area (Å²) in [5.41, 5.74) is 5.41. The van der Waals surface area contributed by atoms with Crippen LogP contribution < -0.4 is 4.74 Å². The van der Waals surface area contributed by atoms with Crippen molar-refractivity contribution in [1.29, 1.82) is 0 Å². The van der Waals surface area contributed by atoms with E-state index in [1.54, 1.807) is 7.11 Å². The normalized spacial score (nSPS) is 18.0. The summed E-state index contributed by atoms with van der Waals surface area (Å²) in [6.07, 6.45) is 5.39. The molecule has 1 aromatic carbocycles. The number of hydrogen-bond acceptors (Lipinski definition) is 5. The molecule has 6 nitrogen and oxygen atoms in total. The fraction of sp³-hybridized carbons (Fsp3) is 0.429. The summed E-state index contributed by atoms with van der Waals surface area (Å²) >= 11 is 0. The average molecular weight is 366 g/mol. The minimum absolute atomic E-state index is 0.284. The SMILES string of the molecule is COc1cccc(CN2CCCC[C@@H]2c2[nH]ncc2-c2onc(C)c2C)c1. The Balaban J connectivity index is 1.64. The first-order valence-electron chi connectivity index (χ1n) is 9.51. The Morgan fingerprint density at radius 3 is 2.96 bits per heavy atom. The Morgan fingerprint density at radius 1 is 1.30 bits per heavy atom. The van der Waals surface area contributed by atoms with E-state index in [4.69, 9.17) is 9.26 Å². The number of nitrogens with zero attached hydrogens (tertiary/aromatic N) is 3. The van der Waals surface area contributed by atoms with Crippen LogP contribution in [0.3, 0.4) is 0 Å². The van der Waals surface area contributed by atoms with Gasteiger partial charge in [-0.25, -0.2) is 0 Å². The van der Waals surface area contributed by atoms with Crippen LogP contribution in [0.4, 0.5) is 0 Å². The molecule has 1 saturated heterocycles. The minimum Gasteiger partial charge on any atom is -0.497 e. The second-order valence-electron chi connectivity index (χ2n) is 7.25. The summed E-state index contributed by atoms with van der Waals surface area (Å²) in [4.78, 5) is 2.52. The minimum atomic E-state index is 0.284. The van der Waals surface area contributed by atoms with E-state index in [1.165, 1.54) is 18.4 Å². The van der Waals surface area contributed by atoms with Crippen molar-refractivity contribution in [2.75, 3.05) is 13.7 Å². The largest absolute Gasteiger partial charge is 0.497 e. The number of aromatic nitrogens is 3. The van der Waals surface area contributed by atoms with Gasteiger partial charge in [0.2, 0.25) is 0 Å². The number of aromatic amines is 1. The molecule has 4 rings (SSSR count). The molecular formula is C21H26N4O2. The summed E-state index contributed by atoms with van der Waals surface area (Å²) in [5, 5.41) is 11.7. The third kappa shape index (κ3) is 3.49. The fourth-order valence-corrected chi connectivity index (χ4v) is 3.91. The summed E-state index contributed by atoms with van der Waals surface area (Å²) < 4.78 is 11.0. The van der Waals surface area contributed by atoms with Gasteiger partial charge in [-0.15, -0.1) is 0 Å². The topological polar surface area (TPSA) is 67.2 Å². The van der Waals surface area contributed by atoms with Crippen molar-refractivity contribution in [3.05, 3.63) is 53.0 Å². The van der Waals surface area contributed by atoms with Gasteiger partial charge in [-0.2, -0.15) is 5.10 Å². The molecule has 27 heavy (non-hydrogen) atoms. The molecule has 0 radical (unpaired) electrons. The van der Waals surface area contributed by atoms with E-state index in [1.807, 2.05) is 26.1 Å². The first-order chi connectivity index (χ1) is 13.2. The van der Waals surface area contributed by atoms with Crippen LogP contribution in [0.5, 0.6) is 5.75 Å². The van der Waals surface area contributed by atoms with Gasteiger partial charge < -0.3 is 9.26 Å². The number of rotatable bonds is 5. The van der Waals surface area contributed by atoms with Gasteiger partial charge in [0, 0.05) is 12.1 Å². The second-order valence-corrected chi connectivity index (χ2v) is 7.25. The number of aryl methyl sites for hydroxylation is 1. The molecule has 1 atom stereocenters. The number of nitrogens with one attached hydrogen (secondary N) is 1. The molecule has 1 aliphatic heterocycles. The molecule has 1 N–H and O–H groups in total. The smallest absolute Gasteiger partial charge is 0.173 e. The van der Waals surface area contributed by atoms with E-state index >= 15 is 0 Å². The number of benzene rings is 1. The predicted molar refractivity (Wildman–Crippen MR) is 104 cm³/mol. The molecule has 0 unspecified atom stereocenters. The first-order valence-corrected chi connectivity index (χ1v) is 9.51. The quantitative estimate of drug-likeness (QED) is 0.724. The van der Waals surface area contributed by atoms with Crippen molar-refractivity contribution in [1.82, 2.24) is 20.3 Å². The Bertz CT molecular complexity index is 915. The Labute approximate surface area is 159 Å². The predicted octanol–water partition coefficient (Wildman–Crippen LogP) is 4.42. The van der Waals surface area contributed by atoms with Gasteiger partial charge in [-0.05, 0) is 50.9 Å². The lowest BCUT2D eigenvalue weighted by Gasteiger charge is -2.35. The van der Waals surface area contributed by atoms with Gasteiger partial charge in [-0.3, -0.25) is 10.00 Å². The van der Waals surface area contributed by atoms with E-state index in [0.29, 0.717) is 0 Å². The highest BCUT2D eigenvalue weighted by atomic mass is 16.5. The average Bonchev–Trinajstić information content (AvgIpc) is 3.29.